The van der Waals surface area contributed by atoms with Crippen LogP contribution in [0.15, 0.2) is 0 Å². The van der Waals surface area contributed by atoms with Gasteiger partial charge in [-0.05, 0) is 34.6 Å². The fourth-order valence-corrected chi connectivity index (χ4v) is 3.49. The van der Waals surface area contributed by atoms with Crippen LogP contribution in [0.5, 0.6) is 0 Å². The average molecular weight is 287 g/mol. The molecule has 2 saturated heterocycles. The average Bonchev–Trinajstić information content (AvgIpc) is 2.50. The highest BCUT2D eigenvalue weighted by Crippen LogP contribution is 2.42. The van der Waals surface area contributed by atoms with Crippen LogP contribution in [0.25, 0.3) is 0 Å². The van der Waals surface area contributed by atoms with Gasteiger partial charge >= 0.3 is 0 Å². The molecule has 0 bridgehead atoms. The summed E-state index contributed by atoms with van der Waals surface area (Å²) >= 11 is 0. The monoisotopic (exact) mass is 287 g/mol. The molecule has 0 aliphatic carbocycles. The Morgan fingerprint density at radius 1 is 1.20 bits per heavy atom. The van der Waals surface area contributed by atoms with Crippen LogP contribution >= 0.6 is 0 Å². The molecule has 2 heterocycles. The SMILES string of the molecule is CC1COC(CO)CN1CC1C(O)C(C)(C)OC1(C)C. The zero-order chi connectivity index (χ0) is 15.1. The highest BCUT2D eigenvalue weighted by atomic mass is 16.5. The van der Waals surface area contributed by atoms with Gasteiger partial charge in [0.05, 0.1) is 36.6 Å². The first kappa shape index (κ1) is 16.2. The molecule has 5 heteroatoms. The lowest BCUT2D eigenvalue weighted by atomic mass is 9.84. The van der Waals surface area contributed by atoms with E-state index in [9.17, 15) is 10.2 Å². The largest absolute Gasteiger partial charge is 0.394 e. The summed E-state index contributed by atoms with van der Waals surface area (Å²) in [5.41, 5.74) is -0.865. The summed E-state index contributed by atoms with van der Waals surface area (Å²) in [6.07, 6.45) is -0.609. The van der Waals surface area contributed by atoms with Gasteiger partial charge in [-0.1, -0.05) is 0 Å². The van der Waals surface area contributed by atoms with E-state index in [-0.39, 0.29) is 24.2 Å². The van der Waals surface area contributed by atoms with Crippen LogP contribution in [-0.4, -0.2) is 70.9 Å². The van der Waals surface area contributed by atoms with Crippen LogP contribution in [0.2, 0.25) is 0 Å². The quantitative estimate of drug-likeness (QED) is 0.797. The van der Waals surface area contributed by atoms with Crippen LogP contribution < -0.4 is 0 Å². The summed E-state index contributed by atoms with van der Waals surface area (Å²) in [5, 5.41) is 19.8. The number of hydrogen-bond acceptors (Lipinski definition) is 5. The zero-order valence-electron chi connectivity index (χ0n) is 13.3. The minimum Gasteiger partial charge on any atom is -0.394 e. The van der Waals surface area contributed by atoms with E-state index in [2.05, 4.69) is 11.8 Å². The molecule has 118 valence electrons. The molecule has 2 aliphatic heterocycles. The highest BCUT2D eigenvalue weighted by Gasteiger charge is 2.53. The van der Waals surface area contributed by atoms with Crippen molar-refractivity contribution in [2.75, 3.05) is 26.3 Å². The van der Waals surface area contributed by atoms with Crippen molar-refractivity contribution in [2.24, 2.45) is 5.92 Å². The minimum atomic E-state index is -0.514. The van der Waals surface area contributed by atoms with E-state index in [1.54, 1.807) is 0 Å². The molecule has 2 N–H and O–H groups in total. The molecule has 0 aromatic carbocycles. The third kappa shape index (κ3) is 3.02. The third-order valence-corrected chi connectivity index (χ3v) is 4.78. The van der Waals surface area contributed by atoms with E-state index in [4.69, 9.17) is 9.47 Å². The molecular weight excluding hydrogens is 258 g/mol. The Bertz CT molecular complexity index is 345. The van der Waals surface area contributed by atoms with E-state index in [1.807, 2.05) is 27.7 Å². The van der Waals surface area contributed by atoms with Crippen LogP contribution in [-0.2, 0) is 9.47 Å². The van der Waals surface area contributed by atoms with Crippen LogP contribution in [0, 0.1) is 5.92 Å². The molecule has 2 fully saturated rings. The number of aliphatic hydroxyl groups is 2. The second kappa shape index (κ2) is 5.54. The lowest BCUT2D eigenvalue weighted by molar-refractivity contribution is -0.0992. The van der Waals surface area contributed by atoms with Crippen molar-refractivity contribution in [3.05, 3.63) is 0 Å². The maximum Gasteiger partial charge on any atom is 0.0933 e. The summed E-state index contributed by atoms with van der Waals surface area (Å²) in [5.74, 6) is 0.0531. The van der Waals surface area contributed by atoms with Gasteiger partial charge in [0, 0.05) is 25.0 Å². The first-order valence-electron chi connectivity index (χ1n) is 7.52. The zero-order valence-corrected chi connectivity index (χ0v) is 13.3. The van der Waals surface area contributed by atoms with E-state index in [0.717, 1.165) is 6.54 Å². The van der Waals surface area contributed by atoms with Crippen LogP contribution in [0.1, 0.15) is 34.6 Å². The van der Waals surface area contributed by atoms with Crippen molar-refractivity contribution >= 4 is 0 Å². The summed E-state index contributed by atoms with van der Waals surface area (Å²) in [7, 11) is 0. The van der Waals surface area contributed by atoms with Gasteiger partial charge in [-0.2, -0.15) is 0 Å². The number of nitrogens with zero attached hydrogens (tertiary/aromatic N) is 1. The van der Waals surface area contributed by atoms with Crippen molar-refractivity contribution in [3.8, 4) is 0 Å². The number of rotatable bonds is 3. The van der Waals surface area contributed by atoms with E-state index in [1.165, 1.54) is 0 Å². The van der Waals surface area contributed by atoms with E-state index in [0.29, 0.717) is 19.2 Å². The number of aliphatic hydroxyl groups excluding tert-OH is 2. The Balaban J connectivity index is 2.08. The molecule has 2 aliphatic rings. The second-order valence-corrected chi connectivity index (χ2v) is 7.30. The van der Waals surface area contributed by atoms with Gasteiger partial charge in [0.1, 0.15) is 0 Å². The van der Waals surface area contributed by atoms with Gasteiger partial charge in [0.2, 0.25) is 0 Å². The summed E-state index contributed by atoms with van der Waals surface area (Å²) < 4.78 is 11.6. The molecule has 0 radical (unpaired) electrons. The fourth-order valence-electron chi connectivity index (χ4n) is 3.49. The van der Waals surface area contributed by atoms with Crippen molar-refractivity contribution in [2.45, 2.75) is 64.1 Å². The maximum atomic E-state index is 10.6. The fraction of sp³-hybridized carbons (Fsp3) is 1.00. The first-order chi connectivity index (χ1) is 9.17. The number of ether oxygens (including phenoxy) is 2. The molecule has 0 aromatic rings. The predicted octanol–water partition coefficient (Wildman–Crippen LogP) is 0.632. The Labute approximate surface area is 121 Å². The predicted molar refractivity (Wildman–Crippen MR) is 76.6 cm³/mol. The van der Waals surface area contributed by atoms with Gasteiger partial charge in [0.15, 0.2) is 0 Å². The van der Waals surface area contributed by atoms with Crippen LogP contribution in [0.3, 0.4) is 0 Å². The molecule has 20 heavy (non-hydrogen) atoms. The summed E-state index contributed by atoms with van der Waals surface area (Å²) in [6, 6.07) is 0.296. The molecule has 0 spiro atoms. The van der Waals surface area contributed by atoms with Gasteiger partial charge < -0.3 is 19.7 Å². The lowest BCUT2D eigenvalue weighted by Crippen LogP contribution is -2.53. The lowest BCUT2D eigenvalue weighted by Gasteiger charge is -2.41. The molecule has 0 amide bonds. The van der Waals surface area contributed by atoms with Crippen molar-refractivity contribution < 1.29 is 19.7 Å². The Kier molecular flexibility index (Phi) is 4.48. The molecule has 0 aromatic heterocycles. The third-order valence-electron chi connectivity index (χ3n) is 4.78. The van der Waals surface area contributed by atoms with Gasteiger partial charge in [0.25, 0.3) is 0 Å². The molecule has 2 rings (SSSR count). The number of morpholine rings is 1. The maximum absolute atomic E-state index is 10.6. The van der Waals surface area contributed by atoms with Crippen LogP contribution in [0.4, 0.5) is 0 Å². The van der Waals surface area contributed by atoms with Crippen molar-refractivity contribution in [1.82, 2.24) is 4.90 Å². The molecule has 5 nitrogen and oxygen atoms in total. The van der Waals surface area contributed by atoms with Crippen molar-refractivity contribution in [3.63, 3.8) is 0 Å². The van der Waals surface area contributed by atoms with E-state index >= 15 is 0 Å². The van der Waals surface area contributed by atoms with Crippen molar-refractivity contribution in [1.29, 1.82) is 0 Å². The standard InChI is InChI=1S/C15H29NO4/c1-10-9-19-11(8-17)6-16(10)7-12-13(18)15(4,5)20-14(12,2)3/h10-13,17-18H,6-9H2,1-5H3. The molecule has 4 atom stereocenters. The molecule has 4 unspecified atom stereocenters. The van der Waals surface area contributed by atoms with E-state index < -0.39 is 11.7 Å². The first-order valence-corrected chi connectivity index (χ1v) is 7.52. The number of hydrogen-bond donors (Lipinski definition) is 2. The van der Waals surface area contributed by atoms with Gasteiger partial charge in [-0.15, -0.1) is 0 Å². The summed E-state index contributed by atoms with van der Waals surface area (Å²) in [4.78, 5) is 2.30. The Morgan fingerprint density at radius 2 is 1.85 bits per heavy atom. The minimum absolute atomic E-state index is 0.0435. The smallest absolute Gasteiger partial charge is 0.0933 e. The molecular formula is C15H29NO4. The Morgan fingerprint density at radius 3 is 2.35 bits per heavy atom. The van der Waals surface area contributed by atoms with Gasteiger partial charge in [-0.3, -0.25) is 4.90 Å². The highest BCUT2D eigenvalue weighted by molar-refractivity contribution is 5.03. The Hall–Kier alpha value is -0.200. The second-order valence-electron chi connectivity index (χ2n) is 7.30. The normalized spacial score (nSPS) is 41.0. The summed E-state index contributed by atoms with van der Waals surface area (Å²) in [6.45, 7) is 12.2. The van der Waals surface area contributed by atoms with Gasteiger partial charge in [-0.25, -0.2) is 0 Å². The molecule has 0 saturated carbocycles. The topological polar surface area (TPSA) is 62.2 Å².